The zero-order valence-corrected chi connectivity index (χ0v) is 13.2. The van der Waals surface area contributed by atoms with Crippen LogP contribution in [0.2, 0.25) is 0 Å². The van der Waals surface area contributed by atoms with Crippen molar-refractivity contribution in [2.45, 2.75) is 45.8 Å². The molecular weight excluding hydrogens is 264 g/mol. The molecule has 1 atom stereocenters. The molecule has 4 heteroatoms. The molecule has 0 aliphatic carbocycles. The highest BCUT2D eigenvalue weighted by molar-refractivity contribution is 5.77. The highest BCUT2D eigenvalue weighted by Gasteiger charge is 2.16. The standard InChI is InChI=1S/C17H26N2O2/c1-12-4-5-13(2)16(10-12)14(3)19-17(20)11-21-15-6-8-18-9-7-15/h4-5,10,14-15,18H,6-9,11H2,1-3H3,(H,19,20). The first-order chi connectivity index (χ1) is 10.1. The molecule has 1 aromatic rings. The van der Waals surface area contributed by atoms with Crippen LogP contribution < -0.4 is 10.6 Å². The van der Waals surface area contributed by atoms with Crippen LogP contribution in [-0.4, -0.2) is 31.7 Å². The Balaban J connectivity index is 1.82. The van der Waals surface area contributed by atoms with Gasteiger partial charge in [-0.1, -0.05) is 23.8 Å². The number of rotatable bonds is 5. The maximum absolute atomic E-state index is 12.0. The Bertz CT molecular complexity index is 482. The fraction of sp³-hybridized carbons (Fsp3) is 0.588. The molecule has 1 amide bonds. The van der Waals surface area contributed by atoms with Crippen LogP contribution in [0.25, 0.3) is 0 Å². The molecule has 1 unspecified atom stereocenters. The quantitative estimate of drug-likeness (QED) is 0.874. The van der Waals surface area contributed by atoms with Gasteiger partial charge in [-0.15, -0.1) is 0 Å². The highest BCUT2D eigenvalue weighted by Crippen LogP contribution is 2.18. The molecule has 0 radical (unpaired) electrons. The molecule has 1 heterocycles. The molecule has 2 rings (SSSR count). The summed E-state index contributed by atoms with van der Waals surface area (Å²) in [7, 11) is 0. The number of nitrogens with one attached hydrogen (secondary N) is 2. The first-order valence-electron chi connectivity index (χ1n) is 7.75. The Hall–Kier alpha value is -1.39. The van der Waals surface area contributed by atoms with Gasteiger partial charge in [-0.2, -0.15) is 0 Å². The predicted molar refractivity (Wildman–Crippen MR) is 84.3 cm³/mol. The number of carbonyl (C=O) groups excluding carboxylic acids is 1. The molecule has 116 valence electrons. The summed E-state index contributed by atoms with van der Waals surface area (Å²) >= 11 is 0. The van der Waals surface area contributed by atoms with Crippen LogP contribution in [0.4, 0.5) is 0 Å². The molecule has 0 saturated carbocycles. The van der Waals surface area contributed by atoms with Gasteiger partial charge >= 0.3 is 0 Å². The number of benzene rings is 1. The van der Waals surface area contributed by atoms with Crippen molar-refractivity contribution in [2.24, 2.45) is 0 Å². The molecule has 0 bridgehead atoms. The molecule has 0 spiro atoms. The largest absolute Gasteiger partial charge is 0.368 e. The van der Waals surface area contributed by atoms with Crippen LogP contribution in [0.1, 0.15) is 42.5 Å². The van der Waals surface area contributed by atoms with E-state index in [9.17, 15) is 4.79 Å². The number of piperidine rings is 1. The zero-order chi connectivity index (χ0) is 15.2. The van der Waals surface area contributed by atoms with E-state index in [1.165, 1.54) is 16.7 Å². The van der Waals surface area contributed by atoms with Gasteiger partial charge in [-0.25, -0.2) is 0 Å². The number of carbonyl (C=O) groups is 1. The summed E-state index contributed by atoms with van der Waals surface area (Å²) in [6.45, 7) is 8.26. The van der Waals surface area contributed by atoms with E-state index < -0.39 is 0 Å². The second kappa shape index (κ2) is 7.57. The van der Waals surface area contributed by atoms with Crippen LogP contribution in [-0.2, 0) is 9.53 Å². The molecule has 0 aromatic heterocycles. The first-order valence-corrected chi connectivity index (χ1v) is 7.75. The van der Waals surface area contributed by atoms with E-state index in [1.807, 2.05) is 6.92 Å². The lowest BCUT2D eigenvalue weighted by molar-refractivity contribution is -0.128. The number of aryl methyl sites for hydroxylation is 2. The van der Waals surface area contributed by atoms with Gasteiger partial charge in [0.2, 0.25) is 5.91 Å². The highest BCUT2D eigenvalue weighted by atomic mass is 16.5. The summed E-state index contributed by atoms with van der Waals surface area (Å²) in [5.41, 5.74) is 3.58. The van der Waals surface area contributed by atoms with Gasteiger partial charge in [0.15, 0.2) is 0 Å². The maximum Gasteiger partial charge on any atom is 0.246 e. The van der Waals surface area contributed by atoms with Crippen molar-refractivity contribution in [1.82, 2.24) is 10.6 Å². The second-order valence-electron chi connectivity index (χ2n) is 5.91. The molecule has 1 saturated heterocycles. The van der Waals surface area contributed by atoms with E-state index in [4.69, 9.17) is 4.74 Å². The fourth-order valence-electron chi connectivity index (χ4n) is 2.74. The summed E-state index contributed by atoms with van der Waals surface area (Å²) in [5.74, 6) is -0.0399. The molecule has 4 nitrogen and oxygen atoms in total. The monoisotopic (exact) mass is 290 g/mol. The van der Waals surface area contributed by atoms with Gasteiger partial charge in [0, 0.05) is 0 Å². The van der Waals surface area contributed by atoms with Crippen molar-refractivity contribution in [3.63, 3.8) is 0 Å². The van der Waals surface area contributed by atoms with Gasteiger partial charge < -0.3 is 15.4 Å². The van der Waals surface area contributed by atoms with Crippen LogP contribution in [0.15, 0.2) is 18.2 Å². The van der Waals surface area contributed by atoms with E-state index in [1.54, 1.807) is 0 Å². The Labute approximate surface area is 127 Å². The van der Waals surface area contributed by atoms with Crippen molar-refractivity contribution >= 4 is 5.91 Å². The predicted octanol–water partition coefficient (Wildman–Crippen LogP) is 2.25. The van der Waals surface area contributed by atoms with E-state index in [-0.39, 0.29) is 24.7 Å². The van der Waals surface area contributed by atoms with Gasteiger partial charge in [0.1, 0.15) is 6.61 Å². The molecule has 1 fully saturated rings. The Morgan fingerprint density at radius 2 is 2.10 bits per heavy atom. The van der Waals surface area contributed by atoms with Crippen LogP contribution in [0, 0.1) is 13.8 Å². The number of ether oxygens (including phenoxy) is 1. The zero-order valence-electron chi connectivity index (χ0n) is 13.2. The number of hydrogen-bond donors (Lipinski definition) is 2. The van der Waals surface area contributed by atoms with Gasteiger partial charge in [-0.05, 0) is 57.8 Å². The minimum absolute atomic E-state index is 0.00835. The van der Waals surface area contributed by atoms with Crippen LogP contribution in [0.3, 0.4) is 0 Å². The molecule has 1 aliphatic rings. The SMILES string of the molecule is Cc1ccc(C)c(C(C)NC(=O)COC2CCNCC2)c1. The second-order valence-corrected chi connectivity index (χ2v) is 5.91. The minimum atomic E-state index is -0.0399. The van der Waals surface area contributed by atoms with Crippen LogP contribution in [0.5, 0.6) is 0 Å². The van der Waals surface area contributed by atoms with Gasteiger partial charge in [-0.3, -0.25) is 4.79 Å². The smallest absolute Gasteiger partial charge is 0.246 e. The maximum atomic E-state index is 12.0. The average molecular weight is 290 g/mol. The lowest BCUT2D eigenvalue weighted by Gasteiger charge is -2.23. The van der Waals surface area contributed by atoms with E-state index in [2.05, 4.69) is 42.7 Å². The Morgan fingerprint density at radius 3 is 2.81 bits per heavy atom. The number of hydrogen-bond acceptors (Lipinski definition) is 3. The molecule has 2 N–H and O–H groups in total. The van der Waals surface area contributed by atoms with Crippen molar-refractivity contribution in [3.8, 4) is 0 Å². The normalized spacial score (nSPS) is 17.5. The molecule has 1 aliphatic heterocycles. The van der Waals surface area contributed by atoms with Crippen LogP contribution >= 0.6 is 0 Å². The van der Waals surface area contributed by atoms with Crippen molar-refractivity contribution in [1.29, 1.82) is 0 Å². The molecular formula is C17H26N2O2. The van der Waals surface area contributed by atoms with Gasteiger partial charge in [0.25, 0.3) is 0 Å². The van der Waals surface area contributed by atoms with Crippen molar-refractivity contribution in [2.75, 3.05) is 19.7 Å². The number of amides is 1. The summed E-state index contributed by atoms with van der Waals surface area (Å²) in [6.07, 6.45) is 2.19. The van der Waals surface area contributed by atoms with Crippen molar-refractivity contribution < 1.29 is 9.53 Å². The topological polar surface area (TPSA) is 50.4 Å². The molecule has 1 aromatic carbocycles. The Kier molecular flexibility index (Phi) is 5.76. The lowest BCUT2D eigenvalue weighted by atomic mass is 10.00. The van der Waals surface area contributed by atoms with E-state index >= 15 is 0 Å². The minimum Gasteiger partial charge on any atom is -0.368 e. The van der Waals surface area contributed by atoms with Crippen molar-refractivity contribution in [3.05, 3.63) is 34.9 Å². The van der Waals surface area contributed by atoms with Gasteiger partial charge in [0.05, 0.1) is 12.1 Å². The third-order valence-electron chi connectivity index (χ3n) is 4.02. The third kappa shape index (κ3) is 4.83. The first kappa shape index (κ1) is 16.0. The average Bonchev–Trinajstić information content (AvgIpc) is 2.48. The molecule has 21 heavy (non-hydrogen) atoms. The summed E-state index contributed by atoms with van der Waals surface area (Å²) in [6, 6.07) is 6.33. The van der Waals surface area contributed by atoms with E-state index in [0.717, 1.165) is 25.9 Å². The lowest BCUT2D eigenvalue weighted by Crippen LogP contribution is -2.36. The third-order valence-corrected chi connectivity index (χ3v) is 4.02. The fourth-order valence-corrected chi connectivity index (χ4v) is 2.74. The van der Waals surface area contributed by atoms with E-state index in [0.29, 0.717) is 0 Å². The summed E-state index contributed by atoms with van der Waals surface area (Å²) in [5, 5.41) is 6.31. The Morgan fingerprint density at radius 1 is 1.38 bits per heavy atom. The summed E-state index contributed by atoms with van der Waals surface area (Å²) in [4.78, 5) is 12.0. The summed E-state index contributed by atoms with van der Waals surface area (Å²) < 4.78 is 5.68.